The summed E-state index contributed by atoms with van der Waals surface area (Å²) in [7, 11) is -1.94. The van der Waals surface area contributed by atoms with Crippen molar-refractivity contribution in [1.82, 2.24) is 13.9 Å². The molecule has 0 amide bonds. The van der Waals surface area contributed by atoms with Crippen LogP contribution in [-0.4, -0.2) is 40.3 Å². The zero-order chi connectivity index (χ0) is 18.7. The third kappa shape index (κ3) is 3.92. The Hall–Kier alpha value is -1.91. The summed E-state index contributed by atoms with van der Waals surface area (Å²) in [5.74, 6) is 0. The van der Waals surface area contributed by atoms with Crippen LogP contribution in [0.5, 0.6) is 0 Å². The smallest absolute Gasteiger partial charge is 0.284 e. The van der Waals surface area contributed by atoms with Crippen molar-refractivity contribution in [2.75, 3.05) is 13.1 Å². The van der Waals surface area contributed by atoms with Gasteiger partial charge in [-0.15, -0.1) is 0 Å². The minimum Gasteiger partial charge on any atom is -0.329 e. The first-order valence-electron chi connectivity index (χ1n) is 8.33. The molecule has 10 heteroatoms. The predicted octanol–water partition coefficient (Wildman–Crippen LogP) is 3.04. The maximum atomic E-state index is 12.9. The van der Waals surface area contributed by atoms with E-state index in [9.17, 15) is 18.5 Å². The molecule has 8 nitrogen and oxygen atoms in total. The molecule has 0 radical (unpaired) electrons. The predicted molar refractivity (Wildman–Crippen MR) is 97.7 cm³/mol. The van der Waals surface area contributed by atoms with Gasteiger partial charge in [0.15, 0.2) is 5.16 Å². The number of rotatable bonds is 5. The normalized spacial score (nSPS) is 16.3. The van der Waals surface area contributed by atoms with Gasteiger partial charge in [0.2, 0.25) is 10.0 Å². The average Bonchev–Trinajstić information content (AvgIpc) is 2.86. The molecule has 0 spiro atoms. The van der Waals surface area contributed by atoms with Gasteiger partial charge in [-0.1, -0.05) is 12.8 Å². The minimum absolute atomic E-state index is 0.0321. The van der Waals surface area contributed by atoms with Crippen LogP contribution < -0.4 is 0 Å². The van der Waals surface area contributed by atoms with E-state index in [0.717, 1.165) is 43.5 Å². The van der Waals surface area contributed by atoms with E-state index in [1.165, 1.54) is 16.4 Å². The number of nitro groups is 1. The maximum absolute atomic E-state index is 12.9. The lowest BCUT2D eigenvalue weighted by Gasteiger charge is -2.20. The number of aromatic nitrogens is 2. The first-order chi connectivity index (χ1) is 12.4. The molecular formula is C16H20N4O4S2. The molecule has 140 valence electrons. The first-order valence-corrected chi connectivity index (χ1v) is 10.6. The molecule has 26 heavy (non-hydrogen) atoms. The minimum atomic E-state index is -3.73. The topological polar surface area (TPSA) is 98.3 Å². The first kappa shape index (κ1) is 18.9. The Morgan fingerprint density at radius 1 is 1.19 bits per heavy atom. The molecule has 1 aliphatic rings. The summed E-state index contributed by atoms with van der Waals surface area (Å²) < 4.78 is 28.9. The summed E-state index contributed by atoms with van der Waals surface area (Å²) in [6.07, 6.45) is 6.98. The van der Waals surface area contributed by atoms with E-state index < -0.39 is 14.9 Å². The lowest BCUT2D eigenvalue weighted by atomic mass is 10.2. The second-order valence-electron chi connectivity index (χ2n) is 6.13. The Balaban J connectivity index is 1.95. The Labute approximate surface area is 156 Å². The van der Waals surface area contributed by atoms with Crippen LogP contribution in [0.3, 0.4) is 0 Å². The van der Waals surface area contributed by atoms with Crippen molar-refractivity contribution in [2.24, 2.45) is 7.05 Å². The second kappa shape index (κ2) is 7.77. The van der Waals surface area contributed by atoms with Crippen LogP contribution in [0.15, 0.2) is 45.5 Å². The molecule has 1 fully saturated rings. The number of nitro benzene ring substituents is 1. The monoisotopic (exact) mass is 396 g/mol. The van der Waals surface area contributed by atoms with E-state index >= 15 is 0 Å². The Kier molecular flexibility index (Phi) is 5.64. The van der Waals surface area contributed by atoms with Gasteiger partial charge >= 0.3 is 0 Å². The quantitative estimate of drug-likeness (QED) is 0.569. The molecule has 3 rings (SSSR count). The summed E-state index contributed by atoms with van der Waals surface area (Å²) in [4.78, 5) is 15.4. The van der Waals surface area contributed by atoms with Crippen molar-refractivity contribution in [3.8, 4) is 0 Å². The van der Waals surface area contributed by atoms with Crippen LogP contribution in [0.25, 0.3) is 0 Å². The van der Waals surface area contributed by atoms with Gasteiger partial charge in [0, 0.05) is 38.6 Å². The fourth-order valence-electron chi connectivity index (χ4n) is 2.87. The van der Waals surface area contributed by atoms with Crippen LogP contribution in [-0.2, 0) is 17.1 Å². The van der Waals surface area contributed by atoms with Gasteiger partial charge in [0.05, 0.1) is 14.7 Å². The summed E-state index contributed by atoms with van der Waals surface area (Å²) in [6.45, 7) is 0.916. The van der Waals surface area contributed by atoms with E-state index in [0.29, 0.717) is 23.1 Å². The van der Waals surface area contributed by atoms with Crippen molar-refractivity contribution < 1.29 is 13.3 Å². The molecule has 0 unspecified atom stereocenters. The Bertz CT molecular complexity index is 903. The standard InChI is InChI=1S/C16H20N4O4S2/c1-18-11-8-17-16(18)25-15-7-6-13(12-14(15)20(21)22)26(23,24)19-9-4-2-3-5-10-19/h6-8,11-12H,2-5,9-10H2,1H3. The third-order valence-corrected chi connectivity index (χ3v) is 7.34. The summed E-state index contributed by atoms with van der Waals surface area (Å²) in [5.41, 5.74) is -0.228. The number of hydrogen-bond acceptors (Lipinski definition) is 6. The fraction of sp³-hybridized carbons (Fsp3) is 0.438. The number of nitrogens with zero attached hydrogens (tertiary/aromatic N) is 4. The summed E-state index contributed by atoms with van der Waals surface area (Å²) >= 11 is 1.14. The van der Waals surface area contributed by atoms with Gasteiger partial charge < -0.3 is 4.57 Å². The molecule has 0 N–H and O–H groups in total. The molecular weight excluding hydrogens is 376 g/mol. The average molecular weight is 396 g/mol. The number of sulfonamides is 1. The molecule has 1 saturated heterocycles. The highest BCUT2D eigenvalue weighted by Gasteiger charge is 2.28. The Morgan fingerprint density at radius 2 is 1.88 bits per heavy atom. The molecule has 1 aromatic heterocycles. The zero-order valence-electron chi connectivity index (χ0n) is 14.4. The second-order valence-corrected chi connectivity index (χ2v) is 9.07. The highest BCUT2D eigenvalue weighted by Crippen LogP contribution is 2.36. The van der Waals surface area contributed by atoms with Gasteiger partial charge in [-0.3, -0.25) is 10.1 Å². The molecule has 2 aromatic rings. The van der Waals surface area contributed by atoms with Crippen molar-refractivity contribution >= 4 is 27.5 Å². The highest BCUT2D eigenvalue weighted by molar-refractivity contribution is 7.99. The van der Waals surface area contributed by atoms with Crippen LogP contribution in [0.4, 0.5) is 5.69 Å². The molecule has 0 bridgehead atoms. The molecule has 1 aliphatic heterocycles. The van der Waals surface area contributed by atoms with Crippen LogP contribution in [0.1, 0.15) is 25.7 Å². The van der Waals surface area contributed by atoms with Crippen molar-refractivity contribution in [1.29, 1.82) is 0 Å². The summed E-state index contributed by atoms with van der Waals surface area (Å²) in [5, 5.41) is 12.1. The lowest BCUT2D eigenvalue weighted by Crippen LogP contribution is -2.31. The number of benzene rings is 1. The molecule has 0 aliphatic carbocycles. The number of imidazole rings is 1. The van der Waals surface area contributed by atoms with Crippen molar-refractivity contribution in [3.05, 3.63) is 40.7 Å². The Morgan fingerprint density at radius 3 is 2.46 bits per heavy atom. The molecule has 0 saturated carbocycles. The van der Waals surface area contributed by atoms with Gasteiger partial charge in [-0.25, -0.2) is 13.4 Å². The van der Waals surface area contributed by atoms with E-state index in [2.05, 4.69) is 4.98 Å². The van der Waals surface area contributed by atoms with Crippen LogP contribution in [0.2, 0.25) is 0 Å². The number of aryl methyl sites for hydroxylation is 1. The maximum Gasteiger partial charge on any atom is 0.284 e. The molecule has 0 atom stereocenters. The number of hydrogen-bond donors (Lipinski definition) is 0. The van der Waals surface area contributed by atoms with Gasteiger partial charge in [0.1, 0.15) is 0 Å². The van der Waals surface area contributed by atoms with Crippen molar-refractivity contribution in [2.45, 2.75) is 40.6 Å². The van der Waals surface area contributed by atoms with Gasteiger partial charge in [-0.05, 0) is 36.7 Å². The van der Waals surface area contributed by atoms with E-state index in [4.69, 9.17) is 0 Å². The third-order valence-electron chi connectivity index (χ3n) is 4.31. The van der Waals surface area contributed by atoms with E-state index in [1.54, 1.807) is 24.0 Å². The van der Waals surface area contributed by atoms with Crippen LogP contribution in [0, 0.1) is 10.1 Å². The van der Waals surface area contributed by atoms with Crippen LogP contribution >= 0.6 is 11.8 Å². The summed E-state index contributed by atoms with van der Waals surface area (Å²) in [6, 6.07) is 4.09. The molecule has 1 aromatic carbocycles. The van der Waals surface area contributed by atoms with Crippen molar-refractivity contribution in [3.63, 3.8) is 0 Å². The largest absolute Gasteiger partial charge is 0.329 e. The fourth-order valence-corrected chi connectivity index (χ4v) is 5.29. The van der Waals surface area contributed by atoms with Gasteiger partial charge in [-0.2, -0.15) is 4.31 Å². The SMILES string of the molecule is Cn1ccnc1Sc1ccc(S(=O)(=O)N2CCCCCC2)cc1[N+](=O)[O-]. The highest BCUT2D eigenvalue weighted by atomic mass is 32.2. The van der Waals surface area contributed by atoms with E-state index in [-0.39, 0.29) is 10.6 Å². The lowest BCUT2D eigenvalue weighted by molar-refractivity contribution is -0.388. The van der Waals surface area contributed by atoms with E-state index in [1.807, 2.05) is 0 Å². The molecule has 2 heterocycles. The van der Waals surface area contributed by atoms with Gasteiger partial charge in [0.25, 0.3) is 5.69 Å². The zero-order valence-corrected chi connectivity index (χ0v) is 16.0.